The van der Waals surface area contributed by atoms with Crippen LogP contribution in [0.2, 0.25) is 0 Å². The summed E-state index contributed by atoms with van der Waals surface area (Å²) in [6.07, 6.45) is -0.511. The summed E-state index contributed by atoms with van der Waals surface area (Å²) in [5.74, 6) is 0.774. The van der Waals surface area contributed by atoms with Gasteiger partial charge in [0, 0.05) is 25.0 Å². The molecule has 0 bridgehead atoms. The topological polar surface area (TPSA) is 54.4 Å². The first-order chi connectivity index (χ1) is 9.30. The van der Waals surface area contributed by atoms with E-state index in [-0.39, 0.29) is 5.41 Å². The van der Waals surface area contributed by atoms with E-state index < -0.39 is 6.09 Å². The second kappa shape index (κ2) is 7.59. The van der Waals surface area contributed by atoms with Gasteiger partial charge in [0.25, 0.3) is 0 Å². The molecule has 1 saturated heterocycles. The van der Waals surface area contributed by atoms with Crippen LogP contribution in [0.4, 0.5) is 4.79 Å². The Labute approximate surface area is 121 Å². The van der Waals surface area contributed by atoms with Gasteiger partial charge in [-0.2, -0.15) is 4.99 Å². The Bertz CT molecular complexity index is 342. The van der Waals surface area contributed by atoms with Crippen LogP contribution < -0.4 is 0 Å². The van der Waals surface area contributed by atoms with Gasteiger partial charge >= 0.3 is 6.09 Å². The fourth-order valence-corrected chi connectivity index (χ4v) is 1.92. The van der Waals surface area contributed by atoms with Crippen molar-refractivity contribution in [3.05, 3.63) is 0 Å². The number of aliphatic imine (C=N–C) groups is 1. The summed E-state index contributed by atoms with van der Waals surface area (Å²) in [5, 5.41) is 0. The van der Waals surface area contributed by atoms with E-state index in [1.165, 1.54) is 0 Å². The molecule has 6 nitrogen and oxygen atoms in total. The molecule has 1 amide bonds. The number of hydrogen-bond acceptors (Lipinski definition) is 4. The molecule has 6 heteroatoms. The quantitative estimate of drug-likeness (QED) is 0.580. The van der Waals surface area contributed by atoms with Crippen LogP contribution in [-0.4, -0.2) is 75.3 Å². The minimum Gasteiger partial charge on any atom is -0.447 e. The number of amidine groups is 1. The van der Waals surface area contributed by atoms with E-state index in [9.17, 15) is 4.79 Å². The predicted octanol–water partition coefficient (Wildman–Crippen LogP) is 1.46. The molecule has 0 saturated carbocycles. The third-order valence-corrected chi connectivity index (χ3v) is 2.94. The molecule has 0 aliphatic carbocycles. The number of hydrogen-bond donors (Lipinski definition) is 0. The average Bonchev–Trinajstić information content (AvgIpc) is 2.35. The van der Waals surface area contributed by atoms with Gasteiger partial charge in [-0.1, -0.05) is 20.8 Å². The van der Waals surface area contributed by atoms with Gasteiger partial charge in [0.05, 0.1) is 13.2 Å². The zero-order chi connectivity index (χ0) is 15.2. The van der Waals surface area contributed by atoms with Crippen molar-refractivity contribution in [1.82, 2.24) is 9.80 Å². The Kier molecular flexibility index (Phi) is 6.42. The van der Waals surface area contributed by atoms with Crippen molar-refractivity contribution in [2.24, 2.45) is 10.4 Å². The molecule has 0 unspecified atom stereocenters. The van der Waals surface area contributed by atoms with Crippen molar-refractivity contribution in [2.45, 2.75) is 20.8 Å². The van der Waals surface area contributed by atoms with Crippen molar-refractivity contribution >= 4 is 11.9 Å². The number of nitrogens with zero attached hydrogens (tertiary/aromatic N) is 3. The number of amides is 1. The molecule has 116 valence electrons. The van der Waals surface area contributed by atoms with Crippen LogP contribution in [0.5, 0.6) is 0 Å². The highest BCUT2D eigenvalue weighted by Crippen LogP contribution is 2.20. The molecule has 20 heavy (non-hydrogen) atoms. The van der Waals surface area contributed by atoms with Crippen LogP contribution in [0, 0.1) is 5.41 Å². The first-order valence-corrected chi connectivity index (χ1v) is 7.04. The summed E-state index contributed by atoms with van der Waals surface area (Å²) < 4.78 is 10.5. The summed E-state index contributed by atoms with van der Waals surface area (Å²) in [7, 11) is 3.87. The minimum absolute atomic E-state index is 0.197. The zero-order valence-corrected chi connectivity index (χ0v) is 13.3. The molecule has 1 aliphatic heterocycles. The van der Waals surface area contributed by atoms with Gasteiger partial charge in [-0.3, -0.25) is 0 Å². The molecule has 1 heterocycles. The largest absolute Gasteiger partial charge is 0.447 e. The first kappa shape index (κ1) is 16.9. The van der Waals surface area contributed by atoms with Crippen LogP contribution in [0.3, 0.4) is 0 Å². The number of carbonyl (C=O) groups excluding carboxylic acids is 1. The fourth-order valence-electron chi connectivity index (χ4n) is 1.92. The Hall–Kier alpha value is -1.14. The monoisotopic (exact) mass is 285 g/mol. The lowest BCUT2D eigenvalue weighted by molar-refractivity contribution is 0.0642. The molecule has 1 rings (SSSR count). The van der Waals surface area contributed by atoms with E-state index >= 15 is 0 Å². The lowest BCUT2D eigenvalue weighted by atomic mass is 9.93. The maximum Gasteiger partial charge on any atom is 0.435 e. The Morgan fingerprint density at radius 3 is 2.40 bits per heavy atom. The zero-order valence-electron chi connectivity index (χ0n) is 13.3. The molecule has 1 fully saturated rings. The highest BCUT2D eigenvalue weighted by molar-refractivity contribution is 5.95. The third kappa shape index (κ3) is 5.88. The van der Waals surface area contributed by atoms with E-state index in [1.54, 1.807) is 0 Å². The van der Waals surface area contributed by atoms with Gasteiger partial charge in [-0.05, 0) is 14.1 Å². The first-order valence-electron chi connectivity index (χ1n) is 7.04. The number of carbonyl (C=O) groups is 1. The van der Waals surface area contributed by atoms with Gasteiger partial charge in [-0.15, -0.1) is 0 Å². The number of likely N-dealkylation sites (N-methyl/N-ethyl adjacent to an activating group) is 1. The molecule has 0 aromatic carbocycles. The standard InChI is InChI=1S/C14H27N3O3/c1-14(2,3)12(17-7-9-19-10-8-17)15-13(18)20-11-6-16(4)5/h6-11H2,1-5H3. The van der Waals surface area contributed by atoms with Crippen molar-refractivity contribution in [2.75, 3.05) is 53.6 Å². The molecule has 1 aliphatic rings. The summed E-state index contributed by atoms with van der Waals surface area (Å²) in [6.45, 7) is 10.1. The van der Waals surface area contributed by atoms with Crippen molar-refractivity contribution in [3.63, 3.8) is 0 Å². The Balaban J connectivity index is 2.67. The van der Waals surface area contributed by atoms with Crippen LogP contribution in [-0.2, 0) is 9.47 Å². The summed E-state index contributed by atoms with van der Waals surface area (Å²) >= 11 is 0. The molecular formula is C14H27N3O3. The van der Waals surface area contributed by atoms with E-state index in [0.29, 0.717) is 26.4 Å². The smallest absolute Gasteiger partial charge is 0.435 e. The molecule has 0 aromatic rings. The third-order valence-electron chi connectivity index (χ3n) is 2.94. The van der Waals surface area contributed by atoms with E-state index in [4.69, 9.17) is 9.47 Å². The van der Waals surface area contributed by atoms with Crippen molar-refractivity contribution in [3.8, 4) is 0 Å². The van der Waals surface area contributed by atoms with Crippen LogP contribution in [0.25, 0.3) is 0 Å². The van der Waals surface area contributed by atoms with Crippen LogP contribution >= 0.6 is 0 Å². The second-order valence-corrected chi connectivity index (χ2v) is 6.20. The van der Waals surface area contributed by atoms with E-state index in [0.717, 1.165) is 18.9 Å². The van der Waals surface area contributed by atoms with Gasteiger partial charge in [0.15, 0.2) is 0 Å². The average molecular weight is 285 g/mol. The Morgan fingerprint density at radius 2 is 1.90 bits per heavy atom. The maximum absolute atomic E-state index is 11.8. The summed E-state index contributed by atoms with van der Waals surface area (Å²) in [6, 6.07) is 0. The molecule has 0 radical (unpaired) electrons. The lowest BCUT2D eigenvalue weighted by Crippen LogP contribution is -2.46. The van der Waals surface area contributed by atoms with E-state index in [1.807, 2.05) is 39.8 Å². The van der Waals surface area contributed by atoms with Gasteiger partial charge < -0.3 is 19.3 Å². The fraction of sp³-hybridized carbons (Fsp3) is 0.857. The lowest BCUT2D eigenvalue weighted by Gasteiger charge is -2.35. The number of rotatable bonds is 3. The number of morpholine rings is 1. The van der Waals surface area contributed by atoms with Gasteiger partial charge in [-0.25, -0.2) is 4.79 Å². The Morgan fingerprint density at radius 1 is 1.30 bits per heavy atom. The highest BCUT2D eigenvalue weighted by Gasteiger charge is 2.27. The maximum atomic E-state index is 11.8. The summed E-state index contributed by atoms with van der Waals surface area (Å²) in [4.78, 5) is 20.1. The summed E-state index contributed by atoms with van der Waals surface area (Å²) in [5.41, 5.74) is -0.197. The van der Waals surface area contributed by atoms with Crippen LogP contribution in [0.1, 0.15) is 20.8 Å². The van der Waals surface area contributed by atoms with E-state index in [2.05, 4.69) is 9.89 Å². The van der Waals surface area contributed by atoms with Gasteiger partial charge in [0.2, 0.25) is 0 Å². The normalized spacial score (nSPS) is 17.5. The van der Waals surface area contributed by atoms with Crippen molar-refractivity contribution in [1.29, 1.82) is 0 Å². The second-order valence-electron chi connectivity index (χ2n) is 6.20. The molecule has 0 aromatic heterocycles. The van der Waals surface area contributed by atoms with Gasteiger partial charge in [0.1, 0.15) is 12.4 Å². The SMILES string of the molecule is CN(C)CCOC(=O)N=C(N1CCOCC1)C(C)(C)C. The highest BCUT2D eigenvalue weighted by atomic mass is 16.5. The molecule has 0 spiro atoms. The molecule has 0 N–H and O–H groups in total. The van der Waals surface area contributed by atoms with Crippen LogP contribution in [0.15, 0.2) is 4.99 Å². The minimum atomic E-state index is -0.511. The van der Waals surface area contributed by atoms with Crippen molar-refractivity contribution < 1.29 is 14.3 Å². The molecule has 0 atom stereocenters. The molecular weight excluding hydrogens is 258 g/mol. The number of ether oxygens (including phenoxy) is 2. The predicted molar refractivity (Wildman–Crippen MR) is 79.2 cm³/mol.